The van der Waals surface area contributed by atoms with Crippen molar-refractivity contribution in [1.82, 2.24) is 10.3 Å². The van der Waals surface area contributed by atoms with E-state index in [0.29, 0.717) is 5.75 Å². The third-order valence-corrected chi connectivity index (χ3v) is 5.79. The van der Waals surface area contributed by atoms with Gasteiger partial charge in [0, 0.05) is 17.3 Å². The van der Waals surface area contributed by atoms with Crippen LogP contribution in [0.2, 0.25) is 0 Å². The van der Waals surface area contributed by atoms with Gasteiger partial charge >= 0.3 is 0 Å². The zero-order valence-corrected chi connectivity index (χ0v) is 11.1. The molecular formula is C10H16N2O2S2. The molecule has 0 amide bonds. The highest BCUT2D eigenvalue weighted by molar-refractivity contribution is 7.91. The van der Waals surface area contributed by atoms with Crippen LogP contribution in [0.5, 0.6) is 0 Å². The fourth-order valence-corrected chi connectivity index (χ4v) is 4.73. The van der Waals surface area contributed by atoms with Crippen LogP contribution in [0.25, 0.3) is 0 Å². The molecule has 2 unspecified atom stereocenters. The molecule has 2 heterocycles. The van der Waals surface area contributed by atoms with Gasteiger partial charge in [-0.2, -0.15) is 0 Å². The molecule has 0 radical (unpaired) electrons. The molecule has 1 aromatic rings. The Kier molecular flexibility index (Phi) is 3.32. The maximum absolute atomic E-state index is 11.4. The Morgan fingerprint density at radius 2 is 2.38 bits per heavy atom. The lowest BCUT2D eigenvalue weighted by Crippen LogP contribution is -2.13. The number of hydrogen-bond donors (Lipinski definition) is 1. The first-order valence-corrected chi connectivity index (χ1v) is 8.05. The molecule has 1 aliphatic rings. The number of hydrogen-bond acceptors (Lipinski definition) is 5. The summed E-state index contributed by atoms with van der Waals surface area (Å²) in [5, 5.41) is 6.11. The van der Waals surface area contributed by atoms with Crippen LogP contribution < -0.4 is 5.32 Å². The Balaban J connectivity index is 2.14. The molecule has 90 valence electrons. The standard InChI is InChI=1S/C10H16N2O2S2/c1-7(11-2)9-5-15-10(12-9)8-3-4-16(13,14)6-8/h5,7-8,11H,3-4,6H2,1-2H3. The van der Waals surface area contributed by atoms with Crippen LogP contribution in [-0.4, -0.2) is 32.0 Å². The number of thiazole rings is 1. The zero-order chi connectivity index (χ0) is 11.8. The first-order chi connectivity index (χ1) is 7.52. The summed E-state index contributed by atoms with van der Waals surface area (Å²) in [6.07, 6.45) is 0.725. The maximum Gasteiger partial charge on any atom is 0.151 e. The monoisotopic (exact) mass is 260 g/mol. The number of nitrogens with zero attached hydrogens (tertiary/aromatic N) is 1. The normalized spacial score (nSPS) is 25.8. The van der Waals surface area contributed by atoms with Gasteiger partial charge in [0.25, 0.3) is 0 Å². The smallest absolute Gasteiger partial charge is 0.151 e. The molecule has 4 nitrogen and oxygen atoms in total. The van der Waals surface area contributed by atoms with Gasteiger partial charge in [-0.3, -0.25) is 0 Å². The molecule has 1 fully saturated rings. The Bertz CT molecular complexity index is 467. The van der Waals surface area contributed by atoms with Crippen molar-refractivity contribution < 1.29 is 8.42 Å². The predicted molar refractivity (Wildman–Crippen MR) is 65.6 cm³/mol. The van der Waals surface area contributed by atoms with E-state index in [1.807, 2.05) is 19.4 Å². The molecule has 2 rings (SSSR count). The minimum atomic E-state index is -2.81. The van der Waals surface area contributed by atoms with Crippen molar-refractivity contribution in [3.8, 4) is 0 Å². The number of sulfone groups is 1. The van der Waals surface area contributed by atoms with Gasteiger partial charge in [0.15, 0.2) is 9.84 Å². The van der Waals surface area contributed by atoms with Crippen LogP contribution in [0, 0.1) is 0 Å². The van der Waals surface area contributed by atoms with Crippen molar-refractivity contribution in [3.05, 3.63) is 16.1 Å². The first-order valence-electron chi connectivity index (χ1n) is 5.35. The van der Waals surface area contributed by atoms with Gasteiger partial charge in [-0.25, -0.2) is 13.4 Å². The summed E-state index contributed by atoms with van der Waals surface area (Å²) < 4.78 is 22.8. The van der Waals surface area contributed by atoms with E-state index in [2.05, 4.69) is 10.3 Å². The summed E-state index contributed by atoms with van der Waals surface area (Å²) in [7, 11) is -0.917. The number of aromatic nitrogens is 1. The molecule has 0 aromatic carbocycles. The van der Waals surface area contributed by atoms with Gasteiger partial charge in [-0.05, 0) is 20.4 Å². The van der Waals surface area contributed by atoms with E-state index >= 15 is 0 Å². The highest BCUT2D eigenvalue weighted by Gasteiger charge is 2.31. The van der Waals surface area contributed by atoms with E-state index < -0.39 is 9.84 Å². The van der Waals surface area contributed by atoms with Gasteiger partial charge in [0.05, 0.1) is 22.2 Å². The number of nitrogens with one attached hydrogen (secondary N) is 1. The maximum atomic E-state index is 11.4. The van der Waals surface area contributed by atoms with Crippen molar-refractivity contribution in [2.24, 2.45) is 0 Å². The van der Waals surface area contributed by atoms with E-state index in [1.165, 1.54) is 0 Å². The Hall–Kier alpha value is -0.460. The highest BCUT2D eigenvalue weighted by Crippen LogP contribution is 2.31. The van der Waals surface area contributed by atoms with Crippen molar-refractivity contribution in [2.75, 3.05) is 18.6 Å². The second kappa shape index (κ2) is 4.43. The summed E-state index contributed by atoms with van der Waals surface area (Å²) >= 11 is 1.58. The van der Waals surface area contributed by atoms with Crippen molar-refractivity contribution in [2.45, 2.75) is 25.3 Å². The van der Waals surface area contributed by atoms with Gasteiger partial charge in [0.2, 0.25) is 0 Å². The average molecular weight is 260 g/mol. The fourth-order valence-electron chi connectivity index (χ4n) is 1.82. The largest absolute Gasteiger partial charge is 0.312 e. The third kappa shape index (κ3) is 2.44. The van der Waals surface area contributed by atoms with Crippen molar-refractivity contribution in [1.29, 1.82) is 0 Å². The molecule has 0 aliphatic carbocycles. The second-order valence-electron chi connectivity index (χ2n) is 4.22. The molecule has 2 atom stereocenters. The number of rotatable bonds is 3. The van der Waals surface area contributed by atoms with Crippen LogP contribution in [0.4, 0.5) is 0 Å². The van der Waals surface area contributed by atoms with Crippen LogP contribution >= 0.6 is 11.3 Å². The predicted octanol–water partition coefficient (Wildman–Crippen LogP) is 1.33. The molecular weight excluding hydrogens is 244 g/mol. The SMILES string of the molecule is CNC(C)c1csc(C2CCS(=O)(=O)C2)n1. The van der Waals surface area contributed by atoms with E-state index in [-0.39, 0.29) is 17.7 Å². The molecule has 1 N–H and O–H groups in total. The van der Waals surface area contributed by atoms with E-state index in [4.69, 9.17) is 0 Å². The highest BCUT2D eigenvalue weighted by atomic mass is 32.2. The summed E-state index contributed by atoms with van der Waals surface area (Å²) in [5.41, 5.74) is 1.01. The minimum absolute atomic E-state index is 0.118. The summed E-state index contributed by atoms with van der Waals surface area (Å²) in [6.45, 7) is 2.05. The zero-order valence-electron chi connectivity index (χ0n) is 9.43. The molecule has 0 saturated carbocycles. The average Bonchev–Trinajstić information content (AvgIpc) is 2.83. The van der Waals surface area contributed by atoms with Gasteiger partial charge in [0.1, 0.15) is 0 Å². The molecule has 16 heavy (non-hydrogen) atoms. The molecule has 6 heteroatoms. The van der Waals surface area contributed by atoms with Crippen LogP contribution in [-0.2, 0) is 9.84 Å². The van der Waals surface area contributed by atoms with Crippen LogP contribution in [0.3, 0.4) is 0 Å². The van der Waals surface area contributed by atoms with Crippen LogP contribution in [0.15, 0.2) is 5.38 Å². The Morgan fingerprint density at radius 1 is 1.62 bits per heavy atom. The topological polar surface area (TPSA) is 59.1 Å². The Labute approximate surface area is 100 Å². The molecule has 0 bridgehead atoms. The quantitative estimate of drug-likeness (QED) is 0.890. The van der Waals surface area contributed by atoms with Gasteiger partial charge in [-0.15, -0.1) is 11.3 Å². The molecule has 1 aliphatic heterocycles. The fraction of sp³-hybridized carbons (Fsp3) is 0.700. The molecule has 0 spiro atoms. The third-order valence-electron chi connectivity index (χ3n) is 3.00. The lowest BCUT2D eigenvalue weighted by Gasteiger charge is -2.06. The molecule has 1 aromatic heterocycles. The molecule has 1 saturated heterocycles. The van der Waals surface area contributed by atoms with E-state index in [1.54, 1.807) is 11.3 Å². The van der Waals surface area contributed by atoms with E-state index in [0.717, 1.165) is 17.1 Å². The summed E-state index contributed by atoms with van der Waals surface area (Å²) in [4.78, 5) is 4.52. The summed E-state index contributed by atoms with van der Waals surface area (Å²) in [6, 6.07) is 0.225. The minimum Gasteiger partial charge on any atom is -0.312 e. The van der Waals surface area contributed by atoms with E-state index in [9.17, 15) is 8.42 Å². The van der Waals surface area contributed by atoms with Gasteiger partial charge < -0.3 is 5.32 Å². The Morgan fingerprint density at radius 3 is 2.94 bits per heavy atom. The van der Waals surface area contributed by atoms with Gasteiger partial charge in [-0.1, -0.05) is 0 Å². The second-order valence-corrected chi connectivity index (χ2v) is 7.34. The van der Waals surface area contributed by atoms with Crippen molar-refractivity contribution in [3.63, 3.8) is 0 Å². The first kappa shape index (κ1) is 12.0. The lowest BCUT2D eigenvalue weighted by molar-refractivity contribution is 0.601. The lowest BCUT2D eigenvalue weighted by atomic mass is 10.1. The summed E-state index contributed by atoms with van der Waals surface area (Å²) in [5.74, 6) is 0.704. The van der Waals surface area contributed by atoms with Crippen LogP contribution in [0.1, 0.15) is 36.0 Å². The van der Waals surface area contributed by atoms with Crippen molar-refractivity contribution >= 4 is 21.2 Å².